The maximum Gasteiger partial charge on any atom is 0.191 e. The van der Waals surface area contributed by atoms with Crippen LogP contribution in [0.15, 0.2) is 4.99 Å². The molecule has 0 aromatic carbocycles. The maximum atomic E-state index is 10.3. The second-order valence-corrected chi connectivity index (χ2v) is 5.88. The Morgan fingerprint density at radius 3 is 2.43 bits per heavy atom. The van der Waals surface area contributed by atoms with Crippen molar-refractivity contribution in [2.75, 3.05) is 26.2 Å². The summed E-state index contributed by atoms with van der Waals surface area (Å²) < 4.78 is 5.76. The molecule has 1 saturated heterocycles. The molecule has 1 rings (SSSR count). The third kappa shape index (κ3) is 7.15. The number of aliphatic imine (C=N–C) groups is 1. The van der Waals surface area contributed by atoms with Gasteiger partial charge in [0.25, 0.3) is 0 Å². The molecule has 1 heterocycles. The first-order chi connectivity index (χ1) is 9.47. The minimum Gasteiger partial charge on any atom is -0.388 e. The largest absolute Gasteiger partial charge is 0.388 e. The predicted octanol–water partition coefficient (Wildman–Crippen LogP) is 2.28. The summed E-state index contributed by atoms with van der Waals surface area (Å²) in [6, 6.07) is 0. The number of rotatable bonds is 7. The van der Waals surface area contributed by atoms with Gasteiger partial charge in [-0.05, 0) is 39.5 Å². The number of hydrogen-bond donors (Lipinski definition) is 3. The lowest BCUT2D eigenvalue weighted by molar-refractivity contribution is 0.0241. The van der Waals surface area contributed by atoms with E-state index in [1.165, 1.54) is 0 Å². The number of ether oxygens (including phenoxy) is 1. The molecule has 21 heavy (non-hydrogen) atoms. The molecule has 5 nitrogen and oxygen atoms in total. The average Bonchev–Trinajstić information content (AvgIpc) is 2.89. The van der Waals surface area contributed by atoms with Crippen molar-refractivity contribution < 1.29 is 9.84 Å². The van der Waals surface area contributed by atoms with Crippen LogP contribution in [0, 0.1) is 0 Å². The number of halogens is 1. The summed E-state index contributed by atoms with van der Waals surface area (Å²) >= 11 is 0. The summed E-state index contributed by atoms with van der Waals surface area (Å²) in [6.07, 6.45) is 3.63. The van der Waals surface area contributed by atoms with Gasteiger partial charge in [-0.1, -0.05) is 13.8 Å². The fourth-order valence-corrected chi connectivity index (χ4v) is 2.29. The number of nitrogens with one attached hydrogen (secondary N) is 2. The van der Waals surface area contributed by atoms with Crippen molar-refractivity contribution in [2.24, 2.45) is 4.99 Å². The molecule has 3 N–H and O–H groups in total. The van der Waals surface area contributed by atoms with Crippen LogP contribution in [0.25, 0.3) is 0 Å². The van der Waals surface area contributed by atoms with Crippen molar-refractivity contribution >= 4 is 29.9 Å². The summed E-state index contributed by atoms with van der Waals surface area (Å²) in [7, 11) is 0. The highest BCUT2D eigenvalue weighted by molar-refractivity contribution is 14.0. The van der Waals surface area contributed by atoms with Crippen LogP contribution in [0.4, 0.5) is 0 Å². The van der Waals surface area contributed by atoms with Crippen molar-refractivity contribution in [1.29, 1.82) is 0 Å². The molecule has 0 aliphatic carbocycles. The molecule has 0 aromatic heterocycles. The molecular weight excluding hydrogens is 381 g/mol. The molecule has 1 fully saturated rings. The first kappa shape index (κ1) is 20.9. The van der Waals surface area contributed by atoms with E-state index < -0.39 is 5.60 Å². The summed E-state index contributed by atoms with van der Waals surface area (Å²) in [6.45, 7) is 11.0. The molecule has 0 saturated carbocycles. The third-order valence-electron chi connectivity index (χ3n) is 4.12. The van der Waals surface area contributed by atoms with Crippen molar-refractivity contribution in [3.8, 4) is 0 Å². The van der Waals surface area contributed by atoms with Crippen LogP contribution in [0.2, 0.25) is 0 Å². The Labute approximate surface area is 146 Å². The van der Waals surface area contributed by atoms with Crippen LogP contribution in [-0.2, 0) is 4.74 Å². The molecule has 1 unspecified atom stereocenters. The van der Waals surface area contributed by atoms with Gasteiger partial charge in [0, 0.05) is 19.7 Å². The second kappa shape index (κ2) is 9.84. The van der Waals surface area contributed by atoms with Crippen LogP contribution in [0.5, 0.6) is 0 Å². The standard InChI is InChI=1S/C15H31N3O2.HI/c1-5-15(19,6-2)12-18-13(16-7-3)17-11-14(4)9-8-10-20-14;/h19H,5-12H2,1-4H3,(H2,16,17,18);1H. The molecule has 0 spiro atoms. The summed E-state index contributed by atoms with van der Waals surface area (Å²) in [4.78, 5) is 4.51. The van der Waals surface area contributed by atoms with Gasteiger partial charge in [0.15, 0.2) is 5.96 Å². The van der Waals surface area contributed by atoms with Crippen molar-refractivity contribution in [3.63, 3.8) is 0 Å². The molecule has 126 valence electrons. The number of guanidine groups is 1. The highest BCUT2D eigenvalue weighted by Gasteiger charge is 2.30. The van der Waals surface area contributed by atoms with E-state index in [0.717, 1.165) is 38.5 Å². The molecule has 6 heteroatoms. The Bertz CT molecular complexity index is 314. The quantitative estimate of drug-likeness (QED) is 0.341. The van der Waals surface area contributed by atoms with Gasteiger partial charge in [0.1, 0.15) is 0 Å². The predicted molar refractivity (Wildman–Crippen MR) is 98.5 cm³/mol. The number of nitrogens with zero attached hydrogens (tertiary/aromatic N) is 1. The molecule has 0 amide bonds. The molecule has 0 radical (unpaired) electrons. The number of hydrogen-bond acceptors (Lipinski definition) is 3. The van der Waals surface area contributed by atoms with E-state index in [0.29, 0.717) is 19.4 Å². The topological polar surface area (TPSA) is 65.9 Å². The van der Waals surface area contributed by atoms with Gasteiger partial charge >= 0.3 is 0 Å². The van der Waals surface area contributed by atoms with Crippen molar-refractivity contribution in [2.45, 2.75) is 64.6 Å². The van der Waals surface area contributed by atoms with Crippen LogP contribution in [0.1, 0.15) is 53.4 Å². The van der Waals surface area contributed by atoms with Crippen LogP contribution >= 0.6 is 24.0 Å². The summed E-state index contributed by atoms with van der Waals surface area (Å²) in [5, 5.41) is 16.8. The SMILES string of the molecule is CCNC(=NCC(O)(CC)CC)NCC1(C)CCCO1.I. The molecule has 0 bridgehead atoms. The van der Waals surface area contributed by atoms with E-state index in [9.17, 15) is 5.11 Å². The van der Waals surface area contributed by atoms with Gasteiger partial charge in [-0.2, -0.15) is 0 Å². The van der Waals surface area contributed by atoms with Crippen LogP contribution in [-0.4, -0.2) is 48.5 Å². The molecular formula is C15H32IN3O2. The lowest BCUT2D eigenvalue weighted by Gasteiger charge is -2.26. The van der Waals surface area contributed by atoms with E-state index in [2.05, 4.69) is 22.5 Å². The zero-order valence-corrected chi connectivity index (χ0v) is 16.2. The molecule has 1 atom stereocenters. The highest BCUT2D eigenvalue weighted by Crippen LogP contribution is 2.23. The van der Waals surface area contributed by atoms with E-state index in [1.807, 2.05) is 20.8 Å². The normalized spacial score (nSPS) is 22.8. The van der Waals surface area contributed by atoms with Crippen LogP contribution in [0.3, 0.4) is 0 Å². The van der Waals surface area contributed by atoms with Gasteiger partial charge in [0.2, 0.25) is 0 Å². The fraction of sp³-hybridized carbons (Fsp3) is 0.933. The first-order valence-corrected chi connectivity index (χ1v) is 7.85. The van der Waals surface area contributed by atoms with Crippen molar-refractivity contribution in [1.82, 2.24) is 10.6 Å². The summed E-state index contributed by atoms with van der Waals surface area (Å²) in [5.41, 5.74) is -0.794. The Hall–Kier alpha value is -0.0800. The van der Waals surface area contributed by atoms with Gasteiger partial charge in [-0.3, -0.25) is 4.99 Å². The summed E-state index contributed by atoms with van der Waals surface area (Å²) in [5.74, 6) is 0.754. The number of aliphatic hydroxyl groups is 1. The monoisotopic (exact) mass is 413 g/mol. The van der Waals surface area contributed by atoms with E-state index in [4.69, 9.17) is 4.74 Å². The Kier molecular flexibility index (Phi) is 9.80. The van der Waals surface area contributed by atoms with Crippen LogP contribution < -0.4 is 10.6 Å². The van der Waals surface area contributed by atoms with E-state index in [1.54, 1.807) is 0 Å². The van der Waals surface area contributed by atoms with Gasteiger partial charge in [-0.15, -0.1) is 24.0 Å². The smallest absolute Gasteiger partial charge is 0.191 e. The third-order valence-corrected chi connectivity index (χ3v) is 4.12. The minimum atomic E-state index is -0.698. The highest BCUT2D eigenvalue weighted by atomic mass is 127. The first-order valence-electron chi connectivity index (χ1n) is 7.85. The van der Waals surface area contributed by atoms with E-state index in [-0.39, 0.29) is 29.6 Å². The molecule has 0 aromatic rings. The lowest BCUT2D eigenvalue weighted by Crippen LogP contribution is -2.46. The fourth-order valence-electron chi connectivity index (χ4n) is 2.29. The Morgan fingerprint density at radius 2 is 1.95 bits per heavy atom. The van der Waals surface area contributed by atoms with Crippen molar-refractivity contribution in [3.05, 3.63) is 0 Å². The van der Waals surface area contributed by atoms with Gasteiger partial charge in [0.05, 0.1) is 17.7 Å². The Balaban J connectivity index is 0.00000400. The lowest BCUT2D eigenvalue weighted by atomic mass is 9.98. The average molecular weight is 413 g/mol. The zero-order valence-electron chi connectivity index (χ0n) is 13.9. The van der Waals surface area contributed by atoms with Gasteiger partial charge in [-0.25, -0.2) is 0 Å². The van der Waals surface area contributed by atoms with Gasteiger partial charge < -0.3 is 20.5 Å². The Morgan fingerprint density at radius 1 is 1.29 bits per heavy atom. The maximum absolute atomic E-state index is 10.3. The molecule has 1 aliphatic rings. The second-order valence-electron chi connectivity index (χ2n) is 5.88. The van der Waals surface area contributed by atoms with E-state index >= 15 is 0 Å². The zero-order chi connectivity index (χ0) is 15.1. The molecule has 1 aliphatic heterocycles. The minimum absolute atomic E-state index is 0.